The first-order valence-corrected chi connectivity index (χ1v) is 13.2. The van der Waals surface area contributed by atoms with Gasteiger partial charge in [-0.1, -0.05) is 36.4 Å². The Hall–Kier alpha value is -2.28. The molecule has 4 aliphatic rings. The molecule has 33 heavy (non-hydrogen) atoms. The average Bonchev–Trinajstić information content (AvgIpc) is 3.58. The summed E-state index contributed by atoms with van der Waals surface area (Å²) in [6.07, 6.45) is 9.81. The summed E-state index contributed by atoms with van der Waals surface area (Å²) < 4.78 is -0.479. The van der Waals surface area contributed by atoms with Crippen molar-refractivity contribution in [3.05, 3.63) is 36.0 Å². The van der Waals surface area contributed by atoms with Gasteiger partial charge in [-0.2, -0.15) is 4.99 Å². The number of piperidine rings is 1. The Kier molecular flexibility index (Phi) is 5.28. The highest BCUT2D eigenvalue weighted by Gasteiger charge is 2.46. The number of para-hydroxylation sites is 1. The lowest BCUT2D eigenvalue weighted by Gasteiger charge is -2.35. The molecule has 4 atom stereocenters. The standard InChI is InChI=1S/C26H32N4O2S/c1-26(24(32)29-25(33-26)28-22-13-17-6-7-18(22)12-17)14-16-8-10-30(11-9-16)23(31)20-15-27-21-5-3-2-4-19(20)21/h2-5,15-18,22,27H,6-14H2,1H3,(H,28,29,32)/t17-,18?,22+,26?/m1/s1. The zero-order valence-electron chi connectivity index (χ0n) is 19.2. The highest BCUT2D eigenvalue weighted by atomic mass is 32.2. The third-order valence-electron chi connectivity index (χ3n) is 8.42. The fourth-order valence-corrected chi connectivity index (χ4v) is 7.79. The molecule has 2 amide bonds. The summed E-state index contributed by atoms with van der Waals surface area (Å²) in [5, 5.41) is 5.44. The number of likely N-dealkylation sites (tertiary alicyclic amines) is 1. The molecule has 2 saturated carbocycles. The van der Waals surface area contributed by atoms with Crippen molar-refractivity contribution in [3.8, 4) is 0 Å². The van der Waals surface area contributed by atoms with E-state index >= 15 is 0 Å². The lowest BCUT2D eigenvalue weighted by atomic mass is 9.87. The summed E-state index contributed by atoms with van der Waals surface area (Å²) in [4.78, 5) is 35.6. The van der Waals surface area contributed by atoms with Gasteiger partial charge in [0.1, 0.15) is 4.75 Å². The van der Waals surface area contributed by atoms with Crippen LogP contribution in [0, 0.1) is 17.8 Å². The van der Waals surface area contributed by atoms with Crippen molar-refractivity contribution in [2.24, 2.45) is 22.7 Å². The minimum Gasteiger partial charge on any atom is -0.361 e. The number of hydrogen-bond donors (Lipinski definition) is 2. The fraction of sp³-hybridized carbons (Fsp3) is 0.577. The van der Waals surface area contributed by atoms with Crippen LogP contribution in [0.2, 0.25) is 0 Å². The molecule has 1 aromatic heterocycles. The fourth-order valence-electron chi connectivity index (χ4n) is 6.57. The molecular formula is C26H32N4O2S. The number of amides is 2. The molecule has 1 saturated heterocycles. The van der Waals surface area contributed by atoms with Gasteiger partial charge >= 0.3 is 0 Å². The maximum absolute atomic E-state index is 13.1. The second kappa shape index (κ2) is 8.19. The van der Waals surface area contributed by atoms with Gasteiger partial charge in [0.2, 0.25) is 0 Å². The summed E-state index contributed by atoms with van der Waals surface area (Å²) in [5.41, 5.74) is 1.75. The topological polar surface area (TPSA) is 77.6 Å². The molecular weight excluding hydrogens is 432 g/mol. The maximum Gasteiger partial charge on any atom is 0.264 e. The van der Waals surface area contributed by atoms with Crippen molar-refractivity contribution in [1.29, 1.82) is 0 Å². The van der Waals surface area contributed by atoms with Crippen LogP contribution in [0.15, 0.2) is 35.5 Å². The van der Waals surface area contributed by atoms with Crippen LogP contribution in [-0.2, 0) is 4.79 Å². The van der Waals surface area contributed by atoms with Crippen LogP contribution in [0.3, 0.4) is 0 Å². The molecule has 6 nitrogen and oxygen atoms in total. The van der Waals surface area contributed by atoms with Gasteiger partial charge in [-0.3, -0.25) is 9.59 Å². The van der Waals surface area contributed by atoms with Gasteiger partial charge in [-0.15, -0.1) is 0 Å². The number of carbonyl (C=O) groups is 2. The van der Waals surface area contributed by atoms with Crippen LogP contribution < -0.4 is 5.32 Å². The smallest absolute Gasteiger partial charge is 0.264 e. The highest BCUT2D eigenvalue weighted by molar-refractivity contribution is 8.16. The third kappa shape index (κ3) is 3.88. The summed E-state index contributed by atoms with van der Waals surface area (Å²) in [6, 6.07) is 8.45. The van der Waals surface area contributed by atoms with Gasteiger partial charge in [0.15, 0.2) is 5.17 Å². The van der Waals surface area contributed by atoms with E-state index in [1.807, 2.05) is 35.4 Å². The largest absolute Gasteiger partial charge is 0.361 e. The zero-order chi connectivity index (χ0) is 22.6. The number of aromatic nitrogens is 1. The number of aromatic amines is 1. The highest BCUT2D eigenvalue weighted by Crippen LogP contribution is 2.46. The minimum atomic E-state index is -0.479. The number of carbonyl (C=O) groups excluding carboxylic acids is 2. The molecule has 2 aliphatic heterocycles. The normalized spacial score (nSPS) is 32.0. The predicted octanol–water partition coefficient (Wildman–Crippen LogP) is 4.58. The van der Waals surface area contributed by atoms with Gasteiger partial charge in [0.25, 0.3) is 11.8 Å². The predicted molar refractivity (Wildman–Crippen MR) is 132 cm³/mol. The minimum absolute atomic E-state index is 0.00968. The van der Waals surface area contributed by atoms with Gasteiger partial charge in [-0.25, -0.2) is 0 Å². The van der Waals surface area contributed by atoms with E-state index in [1.165, 1.54) is 25.7 Å². The molecule has 3 fully saturated rings. The Balaban J connectivity index is 1.04. The number of amidine groups is 1. The van der Waals surface area contributed by atoms with Gasteiger partial charge in [0, 0.05) is 36.2 Å². The van der Waals surface area contributed by atoms with Crippen molar-refractivity contribution in [2.75, 3.05) is 13.1 Å². The zero-order valence-corrected chi connectivity index (χ0v) is 20.0. The van der Waals surface area contributed by atoms with E-state index in [9.17, 15) is 9.59 Å². The molecule has 2 N–H and O–H groups in total. The van der Waals surface area contributed by atoms with Crippen LogP contribution in [0.4, 0.5) is 0 Å². The van der Waals surface area contributed by atoms with Crippen LogP contribution in [-0.4, -0.2) is 50.7 Å². The number of hydrogen-bond acceptors (Lipinski definition) is 4. The Labute approximate surface area is 199 Å². The van der Waals surface area contributed by atoms with Crippen LogP contribution in [0.1, 0.15) is 62.2 Å². The lowest BCUT2D eigenvalue weighted by Crippen LogP contribution is -2.41. The Morgan fingerprint density at radius 1 is 1.21 bits per heavy atom. The molecule has 2 aliphatic carbocycles. The Morgan fingerprint density at radius 3 is 2.79 bits per heavy atom. The second-order valence-electron chi connectivity index (χ2n) is 10.7. The molecule has 3 heterocycles. The SMILES string of the molecule is CC1(CC2CCN(C(=O)c3c[nH]c4ccccc34)CC2)SC(N[C@H]2C[C@@H]3CCC2C3)=NC1=O. The second-order valence-corrected chi connectivity index (χ2v) is 12.2. The van der Waals surface area contributed by atoms with E-state index in [4.69, 9.17) is 0 Å². The summed E-state index contributed by atoms with van der Waals surface area (Å²) in [6.45, 7) is 3.55. The van der Waals surface area contributed by atoms with Crippen molar-refractivity contribution in [1.82, 2.24) is 15.2 Å². The van der Waals surface area contributed by atoms with Crippen molar-refractivity contribution in [2.45, 2.75) is 62.7 Å². The molecule has 0 radical (unpaired) electrons. The van der Waals surface area contributed by atoms with E-state index in [0.717, 1.165) is 65.8 Å². The molecule has 2 bridgehead atoms. The Morgan fingerprint density at radius 2 is 2.03 bits per heavy atom. The van der Waals surface area contributed by atoms with E-state index in [1.54, 1.807) is 11.8 Å². The van der Waals surface area contributed by atoms with Crippen molar-refractivity contribution < 1.29 is 9.59 Å². The molecule has 7 heteroatoms. The monoisotopic (exact) mass is 464 g/mol. The number of nitrogens with zero attached hydrogens (tertiary/aromatic N) is 2. The molecule has 2 unspecified atom stereocenters. The number of aliphatic imine (C=N–C) groups is 1. The number of nitrogens with one attached hydrogen (secondary N) is 2. The van der Waals surface area contributed by atoms with Crippen molar-refractivity contribution >= 4 is 39.6 Å². The molecule has 0 spiro atoms. The number of benzene rings is 1. The van der Waals surface area contributed by atoms with Gasteiger partial charge in [0.05, 0.1) is 5.56 Å². The molecule has 174 valence electrons. The molecule has 6 rings (SSSR count). The number of rotatable bonds is 4. The first-order valence-electron chi connectivity index (χ1n) is 12.4. The van der Waals surface area contributed by atoms with E-state index in [0.29, 0.717) is 12.0 Å². The number of fused-ring (bicyclic) bond motifs is 3. The van der Waals surface area contributed by atoms with Gasteiger partial charge < -0.3 is 15.2 Å². The van der Waals surface area contributed by atoms with E-state index < -0.39 is 4.75 Å². The van der Waals surface area contributed by atoms with E-state index in [2.05, 4.69) is 22.2 Å². The van der Waals surface area contributed by atoms with Crippen LogP contribution in [0.25, 0.3) is 10.9 Å². The quantitative estimate of drug-likeness (QED) is 0.695. The average molecular weight is 465 g/mol. The third-order valence-corrected chi connectivity index (χ3v) is 9.62. The van der Waals surface area contributed by atoms with Gasteiger partial charge in [-0.05, 0) is 69.3 Å². The number of thioether (sulfide) groups is 1. The van der Waals surface area contributed by atoms with Crippen molar-refractivity contribution in [3.63, 3.8) is 0 Å². The summed E-state index contributed by atoms with van der Waals surface area (Å²) in [5.74, 6) is 2.19. The first-order chi connectivity index (χ1) is 16.0. The molecule has 1 aromatic carbocycles. The summed E-state index contributed by atoms with van der Waals surface area (Å²) in [7, 11) is 0. The molecule has 2 aromatic rings. The van der Waals surface area contributed by atoms with Crippen LogP contribution in [0.5, 0.6) is 0 Å². The first kappa shape index (κ1) is 21.3. The van der Waals surface area contributed by atoms with Crippen LogP contribution >= 0.6 is 11.8 Å². The Bertz CT molecular complexity index is 1120. The maximum atomic E-state index is 13.1. The number of H-pyrrole nitrogens is 1. The van der Waals surface area contributed by atoms with E-state index in [-0.39, 0.29) is 11.8 Å². The lowest BCUT2D eigenvalue weighted by molar-refractivity contribution is -0.119. The summed E-state index contributed by atoms with van der Waals surface area (Å²) >= 11 is 1.64.